The molecule has 27 heavy (non-hydrogen) atoms. The fourth-order valence-corrected chi connectivity index (χ4v) is 3.66. The maximum Gasteiger partial charge on any atom is 0.387 e. The molecule has 0 aliphatic rings. The average molecular weight is 425 g/mol. The van der Waals surface area contributed by atoms with Gasteiger partial charge in [0.05, 0.1) is 9.95 Å². The van der Waals surface area contributed by atoms with Crippen molar-refractivity contribution in [1.29, 1.82) is 0 Å². The monoisotopic (exact) mass is 424 g/mol. The highest BCUT2D eigenvalue weighted by molar-refractivity contribution is 7.89. The van der Waals surface area contributed by atoms with Crippen molar-refractivity contribution in [2.45, 2.75) is 18.1 Å². The molecule has 146 valence electrons. The summed E-state index contributed by atoms with van der Waals surface area (Å²) in [5.74, 6) is -1.43. The van der Waals surface area contributed by atoms with Gasteiger partial charge in [0.2, 0.25) is 10.0 Å². The number of ether oxygens (including phenoxy) is 1. The maximum atomic E-state index is 14.2. The molecule has 0 saturated carbocycles. The van der Waals surface area contributed by atoms with Gasteiger partial charge in [-0.1, -0.05) is 23.7 Å². The van der Waals surface area contributed by atoms with Gasteiger partial charge < -0.3 is 4.74 Å². The lowest BCUT2D eigenvalue weighted by molar-refractivity contribution is -0.385. The highest BCUT2D eigenvalue weighted by Gasteiger charge is 2.29. The van der Waals surface area contributed by atoms with Crippen LogP contribution in [0.25, 0.3) is 0 Å². The third-order valence-electron chi connectivity index (χ3n) is 3.43. The van der Waals surface area contributed by atoms with Gasteiger partial charge in [-0.05, 0) is 17.7 Å². The minimum atomic E-state index is -4.46. The number of hydrogen-bond donors (Lipinski definition) is 0. The van der Waals surface area contributed by atoms with Crippen molar-refractivity contribution in [3.8, 4) is 5.75 Å². The molecular weight excluding hydrogens is 413 g/mol. The third kappa shape index (κ3) is 4.87. The van der Waals surface area contributed by atoms with Crippen molar-refractivity contribution in [2.24, 2.45) is 0 Å². The van der Waals surface area contributed by atoms with E-state index in [-0.39, 0.29) is 12.3 Å². The van der Waals surface area contributed by atoms with Crippen LogP contribution in [-0.2, 0) is 16.6 Å². The highest BCUT2D eigenvalue weighted by Crippen LogP contribution is 2.30. The summed E-state index contributed by atoms with van der Waals surface area (Å²) in [6.07, 6.45) is 0. The lowest BCUT2D eigenvalue weighted by Gasteiger charge is -2.18. The largest absolute Gasteiger partial charge is 0.435 e. The van der Waals surface area contributed by atoms with Crippen molar-refractivity contribution in [3.05, 3.63) is 62.9 Å². The molecule has 0 saturated heterocycles. The Balaban J connectivity index is 2.30. The van der Waals surface area contributed by atoms with E-state index in [0.717, 1.165) is 11.4 Å². The predicted molar refractivity (Wildman–Crippen MR) is 89.8 cm³/mol. The Morgan fingerprint density at radius 2 is 1.85 bits per heavy atom. The second kappa shape index (κ2) is 8.11. The molecule has 0 bridgehead atoms. The van der Waals surface area contributed by atoms with E-state index < -0.39 is 43.0 Å². The van der Waals surface area contributed by atoms with Gasteiger partial charge >= 0.3 is 6.61 Å². The van der Waals surface area contributed by atoms with Crippen LogP contribution < -0.4 is 4.74 Å². The predicted octanol–water partition coefficient (Wildman–Crippen LogP) is 3.81. The van der Waals surface area contributed by atoms with Crippen molar-refractivity contribution in [2.75, 3.05) is 7.05 Å². The first-order valence-electron chi connectivity index (χ1n) is 7.16. The Hall–Kier alpha value is -2.37. The second-order valence-electron chi connectivity index (χ2n) is 5.28. The molecule has 0 atom stereocenters. The summed E-state index contributed by atoms with van der Waals surface area (Å²) in [6, 6.07) is 6.41. The molecule has 0 aromatic heterocycles. The molecule has 0 unspecified atom stereocenters. The molecule has 0 fully saturated rings. The Morgan fingerprint density at radius 3 is 2.37 bits per heavy atom. The zero-order chi connectivity index (χ0) is 20.4. The Morgan fingerprint density at radius 1 is 1.26 bits per heavy atom. The fourth-order valence-electron chi connectivity index (χ4n) is 2.13. The molecule has 0 radical (unpaired) electrons. The first kappa shape index (κ1) is 20.9. The van der Waals surface area contributed by atoms with Gasteiger partial charge in [0.15, 0.2) is 5.82 Å². The van der Waals surface area contributed by atoms with Crippen LogP contribution in [0.4, 0.5) is 18.9 Å². The van der Waals surface area contributed by atoms with E-state index in [1.807, 2.05) is 0 Å². The number of rotatable bonds is 7. The third-order valence-corrected chi connectivity index (χ3v) is 5.51. The molecule has 0 aliphatic carbocycles. The van der Waals surface area contributed by atoms with Gasteiger partial charge in [0.1, 0.15) is 10.6 Å². The van der Waals surface area contributed by atoms with Crippen LogP contribution in [0.15, 0.2) is 41.3 Å². The molecule has 2 aromatic rings. The van der Waals surface area contributed by atoms with E-state index >= 15 is 0 Å². The number of alkyl halides is 2. The van der Waals surface area contributed by atoms with Gasteiger partial charge in [-0.2, -0.15) is 13.1 Å². The summed E-state index contributed by atoms with van der Waals surface area (Å²) in [6.45, 7) is -3.25. The number of benzene rings is 2. The topological polar surface area (TPSA) is 89.8 Å². The minimum absolute atomic E-state index is 0.115. The van der Waals surface area contributed by atoms with Crippen LogP contribution >= 0.6 is 11.6 Å². The Labute approximate surface area is 157 Å². The molecule has 0 aliphatic heterocycles. The molecule has 2 aromatic carbocycles. The van der Waals surface area contributed by atoms with Crippen molar-refractivity contribution >= 4 is 27.3 Å². The zero-order valence-electron chi connectivity index (χ0n) is 13.6. The molecule has 12 heteroatoms. The standard InChI is InChI=1S/C15H12ClF3N2O5S/c1-20(8-9-2-4-11(5-3-9)26-15(18)19)27(24,25)13-7-10(21(22)23)6-12(16)14(13)17/h2-7,15H,8H2,1H3. The first-order valence-corrected chi connectivity index (χ1v) is 8.97. The second-order valence-corrected chi connectivity index (χ2v) is 7.70. The molecule has 7 nitrogen and oxygen atoms in total. The number of hydrogen-bond acceptors (Lipinski definition) is 5. The van der Waals surface area contributed by atoms with Crippen LogP contribution in [-0.4, -0.2) is 31.3 Å². The van der Waals surface area contributed by atoms with Gasteiger partial charge in [-0.25, -0.2) is 12.8 Å². The maximum absolute atomic E-state index is 14.2. The lowest BCUT2D eigenvalue weighted by Crippen LogP contribution is -2.27. The van der Waals surface area contributed by atoms with Gasteiger partial charge in [-0.3, -0.25) is 10.1 Å². The van der Waals surface area contributed by atoms with Crippen LogP contribution in [0.5, 0.6) is 5.75 Å². The quantitative estimate of drug-likeness (QED) is 0.498. The average Bonchev–Trinajstić information content (AvgIpc) is 2.58. The van der Waals surface area contributed by atoms with E-state index in [0.29, 0.717) is 17.7 Å². The normalized spacial score (nSPS) is 11.8. The lowest BCUT2D eigenvalue weighted by atomic mass is 10.2. The summed E-state index contributed by atoms with van der Waals surface area (Å²) in [5.41, 5.74) is -0.290. The van der Waals surface area contributed by atoms with Crippen molar-refractivity contribution in [3.63, 3.8) is 0 Å². The van der Waals surface area contributed by atoms with E-state index in [9.17, 15) is 31.7 Å². The smallest absolute Gasteiger partial charge is 0.387 e. The molecule has 0 spiro atoms. The molecule has 0 heterocycles. The van der Waals surface area contributed by atoms with Gasteiger partial charge in [0, 0.05) is 25.7 Å². The number of nitro benzene ring substituents is 1. The van der Waals surface area contributed by atoms with E-state index in [1.165, 1.54) is 24.3 Å². The SMILES string of the molecule is CN(Cc1ccc(OC(F)F)cc1)S(=O)(=O)c1cc([N+](=O)[O-])cc(Cl)c1F. The molecule has 2 rings (SSSR count). The fraction of sp³-hybridized carbons (Fsp3) is 0.200. The highest BCUT2D eigenvalue weighted by atomic mass is 35.5. The number of non-ortho nitro benzene ring substituents is 1. The molecular formula is C15H12ClF3N2O5S. The molecule has 0 amide bonds. The van der Waals surface area contributed by atoms with Crippen LogP contribution in [0.3, 0.4) is 0 Å². The first-order chi connectivity index (χ1) is 12.5. The summed E-state index contributed by atoms with van der Waals surface area (Å²) in [4.78, 5) is 9.02. The van der Waals surface area contributed by atoms with E-state index in [1.54, 1.807) is 0 Å². The number of nitrogens with zero attached hydrogens (tertiary/aromatic N) is 2. The van der Waals surface area contributed by atoms with Crippen molar-refractivity contribution in [1.82, 2.24) is 4.31 Å². The minimum Gasteiger partial charge on any atom is -0.435 e. The molecule has 0 N–H and O–H groups in total. The van der Waals surface area contributed by atoms with Crippen LogP contribution in [0.2, 0.25) is 5.02 Å². The van der Waals surface area contributed by atoms with Crippen LogP contribution in [0, 0.1) is 15.9 Å². The number of halogens is 4. The van der Waals surface area contributed by atoms with E-state index in [2.05, 4.69) is 4.74 Å². The Bertz CT molecular complexity index is 955. The van der Waals surface area contributed by atoms with Gasteiger partial charge in [-0.15, -0.1) is 0 Å². The summed E-state index contributed by atoms with van der Waals surface area (Å²) >= 11 is 5.56. The van der Waals surface area contributed by atoms with Gasteiger partial charge in [0.25, 0.3) is 5.69 Å². The zero-order valence-corrected chi connectivity index (χ0v) is 15.2. The van der Waals surface area contributed by atoms with E-state index in [4.69, 9.17) is 11.6 Å². The van der Waals surface area contributed by atoms with Crippen LogP contribution in [0.1, 0.15) is 5.56 Å². The van der Waals surface area contributed by atoms with Crippen molar-refractivity contribution < 1.29 is 31.2 Å². The summed E-state index contributed by atoms with van der Waals surface area (Å²) in [5, 5.41) is 10.2. The summed E-state index contributed by atoms with van der Waals surface area (Å²) < 4.78 is 68.5. The Kier molecular flexibility index (Phi) is 6.29. The summed E-state index contributed by atoms with van der Waals surface area (Å²) in [7, 11) is -3.33. The number of sulfonamides is 1. The number of nitro groups is 1.